The van der Waals surface area contributed by atoms with Crippen molar-refractivity contribution < 1.29 is 14.6 Å². The Bertz CT molecular complexity index is 353. The minimum absolute atomic E-state index is 0. The molecule has 0 unspecified atom stereocenters. The van der Waals surface area contributed by atoms with Crippen LogP contribution in [0.25, 0.3) is 0 Å². The van der Waals surface area contributed by atoms with Crippen molar-refractivity contribution in [2.75, 3.05) is 20.8 Å². The van der Waals surface area contributed by atoms with Gasteiger partial charge in [0.15, 0.2) is 0 Å². The molecule has 96 valence electrons. The summed E-state index contributed by atoms with van der Waals surface area (Å²) in [5, 5.41) is 12.9. The standard InChI is InChI=1S/C12H17NO3.ClH/c1-15-10-6-8(14)7-11(16-2)12(10)9-4-3-5-13-9;/h6-7,9,13-14H,3-5H2,1-2H3;1H/t9-;/m1./s1. The zero-order valence-corrected chi connectivity index (χ0v) is 10.8. The van der Waals surface area contributed by atoms with E-state index in [1.54, 1.807) is 26.4 Å². The molecule has 4 nitrogen and oxygen atoms in total. The summed E-state index contributed by atoms with van der Waals surface area (Å²) in [5.74, 6) is 1.52. The van der Waals surface area contributed by atoms with E-state index in [2.05, 4.69) is 5.32 Å². The van der Waals surface area contributed by atoms with Crippen LogP contribution < -0.4 is 14.8 Å². The highest BCUT2D eigenvalue weighted by atomic mass is 35.5. The van der Waals surface area contributed by atoms with Crippen LogP contribution in [0.1, 0.15) is 24.4 Å². The van der Waals surface area contributed by atoms with Crippen LogP contribution in [0.15, 0.2) is 12.1 Å². The van der Waals surface area contributed by atoms with Crippen molar-refractivity contribution in [1.29, 1.82) is 0 Å². The van der Waals surface area contributed by atoms with Crippen LogP contribution in [0.3, 0.4) is 0 Å². The maximum atomic E-state index is 9.54. The van der Waals surface area contributed by atoms with Crippen LogP contribution in [0.5, 0.6) is 17.2 Å². The molecule has 1 aliphatic heterocycles. The van der Waals surface area contributed by atoms with Crippen LogP contribution >= 0.6 is 12.4 Å². The SMILES string of the molecule is COc1cc(O)cc(OC)c1[C@H]1CCCN1.Cl. The molecule has 0 radical (unpaired) electrons. The van der Waals surface area contributed by atoms with Gasteiger partial charge in [-0.3, -0.25) is 0 Å². The van der Waals surface area contributed by atoms with Crippen molar-refractivity contribution in [3.05, 3.63) is 17.7 Å². The van der Waals surface area contributed by atoms with Gasteiger partial charge in [-0.15, -0.1) is 12.4 Å². The van der Waals surface area contributed by atoms with Gasteiger partial charge < -0.3 is 19.9 Å². The topological polar surface area (TPSA) is 50.7 Å². The summed E-state index contributed by atoms with van der Waals surface area (Å²) >= 11 is 0. The molecular weight excluding hydrogens is 242 g/mol. The highest BCUT2D eigenvalue weighted by molar-refractivity contribution is 5.85. The van der Waals surface area contributed by atoms with Crippen LogP contribution in [0.4, 0.5) is 0 Å². The van der Waals surface area contributed by atoms with E-state index < -0.39 is 0 Å². The number of halogens is 1. The first kappa shape index (κ1) is 13.9. The lowest BCUT2D eigenvalue weighted by atomic mass is 10.0. The number of ether oxygens (including phenoxy) is 2. The molecule has 1 aromatic carbocycles. The van der Waals surface area contributed by atoms with E-state index in [0.717, 1.165) is 24.9 Å². The number of hydrogen-bond acceptors (Lipinski definition) is 4. The molecule has 0 amide bonds. The Hall–Kier alpha value is -1.13. The van der Waals surface area contributed by atoms with Crippen LogP contribution in [0.2, 0.25) is 0 Å². The fourth-order valence-electron chi connectivity index (χ4n) is 2.20. The zero-order chi connectivity index (χ0) is 11.5. The van der Waals surface area contributed by atoms with Gasteiger partial charge in [-0.25, -0.2) is 0 Å². The van der Waals surface area contributed by atoms with Gasteiger partial charge in [0, 0.05) is 18.2 Å². The van der Waals surface area contributed by atoms with Gasteiger partial charge >= 0.3 is 0 Å². The molecule has 2 N–H and O–H groups in total. The minimum Gasteiger partial charge on any atom is -0.508 e. The summed E-state index contributed by atoms with van der Waals surface area (Å²) in [6.07, 6.45) is 2.22. The van der Waals surface area contributed by atoms with Gasteiger partial charge in [0.25, 0.3) is 0 Å². The maximum absolute atomic E-state index is 9.54. The van der Waals surface area contributed by atoms with Crippen molar-refractivity contribution >= 4 is 12.4 Å². The van der Waals surface area contributed by atoms with E-state index in [1.807, 2.05) is 0 Å². The second-order valence-electron chi connectivity index (χ2n) is 3.91. The van der Waals surface area contributed by atoms with Crippen molar-refractivity contribution in [3.63, 3.8) is 0 Å². The largest absolute Gasteiger partial charge is 0.508 e. The van der Waals surface area contributed by atoms with Gasteiger partial charge in [0.05, 0.1) is 19.8 Å². The zero-order valence-electron chi connectivity index (χ0n) is 10.0. The van der Waals surface area contributed by atoms with E-state index in [4.69, 9.17) is 9.47 Å². The molecule has 17 heavy (non-hydrogen) atoms. The third kappa shape index (κ3) is 2.76. The number of hydrogen-bond donors (Lipinski definition) is 2. The number of rotatable bonds is 3. The van der Waals surface area contributed by atoms with Gasteiger partial charge in [-0.05, 0) is 19.4 Å². The fourth-order valence-corrected chi connectivity index (χ4v) is 2.20. The first-order valence-electron chi connectivity index (χ1n) is 5.44. The van der Waals surface area contributed by atoms with E-state index in [9.17, 15) is 5.11 Å². The fraction of sp³-hybridized carbons (Fsp3) is 0.500. The summed E-state index contributed by atoms with van der Waals surface area (Å²) in [4.78, 5) is 0. The molecule has 5 heteroatoms. The molecule has 1 atom stereocenters. The quantitative estimate of drug-likeness (QED) is 0.874. The Morgan fingerprint density at radius 1 is 1.24 bits per heavy atom. The molecule has 0 aromatic heterocycles. The van der Waals surface area contributed by atoms with Crippen LogP contribution in [0, 0.1) is 0 Å². The number of phenols is 1. The maximum Gasteiger partial charge on any atom is 0.131 e. The Kier molecular flexibility index (Phi) is 4.90. The van der Waals surface area contributed by atoms with Gasteiger partial charge in [0.2, 0.25) is 0 Å². The average molecular weight is 260 g/mol. The lowest BCUT2D eigenvalue weighted by Crippen LogP contribution is -2.14. The molecule has 2 rings (SSSR count). The average Bonchev–Trinajstić information content (AvgIpc) is 2.80. The normalized spacial score (nSPS) is 18.6. The molecule has 0 bridgehead atoms. The van der Waals surface area contributed by atoms with E-state index in [-0.39, 0.29) is 24.2 Å². The van der Waals surface area contributed by atoms with E-state index in [0.29, 0.717) is 11.5 Å². The summed E-state index contributed by atoms with van der Waals surface area (Å²) in [6, 6.07) is 3.50. The number of methoxy groups -OCH3 is 2. The van der Waals surface area contributed by atoms with Crippen molar-refractivity contribution in [1.82, 2.24) is 5.32 Å². The summed E-state index contributed by atoms with van der Waals surface area (Å²) < 4.78 is 10.6. The third-order valence-corrected chi connectivity index (χ3v) is 2.94. The smallest absolute Gasteiger partial charge is 0.131 e. The lowest BCUT2D eigenvalue weighted by molar-refractivity contribution is 0.368. The number of aromatic hydroxyl groups is 1. The Balaban J connectivity index is 0.00000144. The molecule has 0 saturated carbocycles. The summed E-state index contributed by atoms with van der Waals surface area (Å²) in [7, 11) is 3.21. The molecule has 1 aromatic rings. The Labute approximate surface area is 107 Å². The highest BCUT2D eigenvalue weighted by Crippen LogP contribution is 2.40. The first-order chi connectivity index (χ1) is 7.76. The van der Waals surface area contributed by atoms with E-state index >= 15 is 0 Å². The minimum atomic E-state index is 0. The van der Waals surface area contributed by atoms with Crippen molar-refractivity contribution in [2.45, 2.75) is 18.9 Å². The third-order valence-electron chi connectivity index (χ3n) is 2.94. The monoisotopic (exact) mass is 259 g/mol. The number of nitrogens with one attached hydrogen (secondary N) is 1. The van der Waals surface area contributed by atoms with E-state index in [1.165, 1.54) is 0 Å². The summed E-state index contributed by atoms with van der Waals surface area (Å²) in [6.45, 7) is 1.01. The second-order valence-corrected chi connectivity index (χ2v) is 3.91. The Morgan fingerprint density at radius 3 is 2.24 bits per heavy atom. The molecule has 1 saturated heterocycles. The highest BCUT2D eigenvalue weighted by Gasteiger charge is 2.24. The molecule has 0 spiro atoms. The summed E-state index contributed by atoms with van der Waals surface area (Å²) in [5.41, 5.74) is 1.00. The Morgan fingerprint density at radius 2 is 1.82 bits per heavy atom. The van der Waals surface area contributed by atoms with Gasteiger partial charge in [-0.2, -0.15) is 0 Å². The van der Waals surface area contributed by atoms with Gasteiger partial charge in [-0.1, -0.05) is 0 Å². The first-order valence-corrected chi connectivity index (χ1v) is 5.44. The molecule has 1 aliphatic rings. The number of benzene rings is 1. The number of phenolic OH excluding ortho intramolecular Hbond substituents is 1. The predicted octanol–water partition coefficient (Wildman–Crippen LogP) is 2.26. The lowest BCUT2D eigenvalue weighted by Gasteiger charge is -2.18. The molecular formula is C12H18ClNO3. The molecule has 1 heterocycles. The van der Waals surface area contributed by atoms with Crippen molar-refractivity contribution in [2.24, 2.45) is 0 Å². The predicted molar refractivity (Wildman–Crippen MR) is 68.4 cm³/mol. The van der Waals surface area contributed by atoms with Gasteiger partial charge in [0.1, 0.15) is 17.2 Å². The molecule has 1 fully saturated rings. The molecule has 0 aliphatic carbocycles. The van der Waals surface area contributed by atoms with Crippen LogP contribution in [-0.2, 0) is 0 Å². The van der Waals surface area contributed by atoms with Crippen molar-refractivity contribution in [3.8, 4) is 17.2 Å². The van der Waals surface area contributed by atoms with Crippen LogP contribution in [-0.4, -0.2) is 25.9 Å². The second kappa shape index (κ2) is 5.98.